The lowest BCUT2D eigenvalue weighted by molar-refractivity contribution is 0.482. The zero-order valence-corrected chi connectivity index (χ0v) is 17.8. The van der Waals surface area contributed by atoms with Gasteiger partial charge in [0, 0.05) is 18.0 Å². The maximum atomic E-state index is 12.1. The van der Waals surface area contributed by atoms with E-state index in [2.05, 4.69) is 15.0 Å². The quantitative estimate of drug-likeness (QED) is 0.420. The molecule has 0 amide bonds. The zero-order valence-electron chi connectivity index (χ0n) is 16.2. The maximum absolute atomic E-state index is 12.1. The van der Waals surface area contributed by atoms with Crippen LogP contribution in [0.2, 0.25) is 0 Å². The van der Waals surface area contributed by atoms with Gasteiger partial charge in [-0.15, -0.1) is 0 Å². The predicted molar refractivity (Wildman–Crippen MR) is 116 cm³/mol. The van der Waals surface area contributed by atoms with Gasteiger partial charge >= 0.3 is 0 Å². The van der Waals surface area contributed by atoms with Crippen LogP contribution < -0.4 is 0 Å². The van der Waals surface area contributed by atoms with Crippen LogP contribution in [-0.2, 0) is 20.2 Å². The van der Waals surface area contributed by atoms with E-state index in [9.17, 15) is 25.9 Å². The molecule has 4 rings (SSSR count). The molecule has 0 fully saturated rings. The summed E-state index contributed by atoms with van der Waals surface area (Å²) in [7, 11) is -9.69. The second-order valence-corrected chi connectivity index (χ2v) is 9.42. The molecule has 3 aromatic heterocycles. The van der Waals surface area contributed by atoms with Gasteiger partial charge in [0.1, 0.15) is 9.79 Å². The average molecular weight is 470 g/mol. The molecular formula is C21H15N3O6S2. The van der Waals surface area contributed by atoms with Gasteiger partial charge in [-0.25, -0.2) is 4.98 Å². The minimum Gasteiger partial charge on any atom is -0.282 e. The Bertz CT molecular complexity index is 1400. The summed E-state index contributed by atoms with van der Waals surface area (Å²) in [5.74, 6) is 0. The van der Waals surface area contributed by atoms with Crippen molar-refractivity contribution in [3.8, 4) is 33.9 Å². The number of rotatable bonds is 5. The number of aromatic nitrogens is 3. The van der Waals surface area contributed by atoms with Gasteiger partial charge in [0.15, 0.2) is 0 Å². The topological polar surface area (TPSA) is 147 Å². The molecule has 0 aliphatic heterocycles. The zero-order chi connectivity index (χ0) is 22.9. The Morgan fingerprint density at radius 1 is 0.594 bits per heavy atom. The molecule has 3 heterocycles. The minimum atomic E-state index is -4.85. The number of hydrogen-bond donors (Lipinski definition) is 2. The Kier molecular flexibility index (Phi) is 5.57. The molecule has 0 aliphatic rings. The molecule has 162 valence electrons. The van der Waals surface area contributed by atoms with Crippen molar-refractivity contribution in [1.82, 2.24) is 15.0 Å². The Labute approximate surface area is 184 Å². The number of benzene rings is 1. The Hall–Kier alpha value is -3.51. The fourth-order valence-electron chi connectivity index (χ4n) is 3.19. The molecule has 0 atom stereocenters. The first-order valence-corrected chi connectivity index (χ1v) is 12.0. The van der Waals surface area contributed by atoms with Crippen molar-refractivity contribution in [3.05, 3.63) is 79.1 Å². The summed E-state index contributed by atoms with van der Waals surface area (Å²) >= 11 is 0. The molecule has 4 aromatic rings. The van der Waals surface area contributed by atoms with Crippen LogP contribution in [0.25, 0.3) is 33.9 Å². The SMILES string of the molecule is O=S(=O)(O)c1cccc(S(=O)(=O)O)c1-c1cc(-c2ccccn2)nc(-c2ccccn2)c1. The molecule has 2 N–H and O–H groups in total. The van der Waals surface area contributed by atoms with Gasteiger partial charge in [-0.2, -0.15) is 16.8 Å². The van der Waals surface area contributed by atoms with E-state index < -0.39 is 35.6 Å². The molecule has 0 unspecified atom stereocenters. The van der Waals surface area contributed by atoms with Gasteiger partial charge in [-0.05, 0) is 54.1 Å². The van der Waals surface area contributed by atoms with E-state index in [1.54, 1.807) is 48.8 Å². The number of hydrogen-bond acceptors (Lipinski definition) is 7. The molecule has 0 aliphatic carbocycles. The van der Waals surface area contributed by atoms with Crippen LogP contribution in [0.3, 0.4) is 0 Å². The second kappa shape index (κ2) is 8.20. The van der Waals surface area contributed by atoms with Crippen molar-refractivity contribution in [1.29, 1.82) is 0 Å². The highest BCUT2D eigenvalue weighted by atomic mass is 32.2. The third-order valence-electron chi connectivity index (χ3n) is 4.51. The van der Waals surface area contributed by atoms with Gasteiger partial charge in [-0.3, -0.25) is 19.1 Å². The fourth-order valence-corrected chi connectivity index (χ4v) is 4.73. The van der Waals surface area contributed by atoms with E-state index in [0.717, 1.165) is 18.2 Å². The summed E-state index contributed by atoms with van der Waals surface area (Å²) in [6.07, 6.45) is 3.08. The molecular weight excluding hydrogens is 454 g/mol. The summed E-state index contributed by atoms with van der Waals surface area (Å²) in [6.45, 7) is 0. The fraction of sp³-hybridized carbons (Fsp3) is 0. The molecule has 0 radical (unpaired) electrons. The molecule has 0 spiro atoms. The monoisotopic (exact) mass is 469 g/mol. The van der Waals surface area contributed by atoms with Crippen LogP contribution in [0.4, 0.5) is 0 Å². The molecule has 9 nitrogen and oxygen atoms in total. The van der Waals surface area contributed by atoms with E-state index >= 15 is 0 Å². The highest BCUT2D eigenvalue weighted by Crippen LogP contribution is 2.36. The largest absolute Gasteiger partial charge is 0.295 e. The summed E-state index contributed by atoms with van der Waals surface area (Å²) in [5.41, 5.74) is 1.15. The lowest BCUT2D eigenvalue weighted by Crippen LogP contribution is -2.08. The molecule has 11 heteroatoms. The third kappa shape index (κ3) is 4.41. The smallest absolute Gasteiger partial charge is 0.282 e. The van der Waals surface area contributed by atoms with Gasteiger partial charge in [-0.1, -0.05) is 18.2 Å². The molecule has 32 heavy (non-hydrogen) atoms. The third-order valence-corrected chi connectivity index (χ3v) is 6.30. The van der Waals surface area contributed by atoms with Crippen LogP contribution in [0.5, 0.6) is 0 Å². The second-order valence-electron chi connectivity index (χ2n) is 6.64. The lowest BCUT2D eigenvalue weighted by Gasteiger charge is -2.14. The van der Waals surface area contributed by atoms with Crippen molar-refractivity contribution >= 4 is 20.2 Å². The number of pyridine rings is 3. The minimum absolute atomic E-state index is 0.0714. The molecule has 0 saturated heterocycles. The summed E-state index contributed by atoms with van der Waals surface area (Å²) in [6, 6.07) is 16.3. The predicted octanol–water partition coefficient (Wildman–Crippen LogP) is 3.37. The van der Waals surface area contributed by atoms with Crippen molar-refractivity contribution in [3.63, 3.8) is 0 Å². The Morgan fingerprint density at radius 3 is 1.44 bits per heavy atom. The van der Waals surface area contributed by atoms with Crippen LogP contribution in [0, 0.1) is 0 Å². The average Bonchev–Trinajstić information content (AvgIpc) is 2.78. The first-order valence-electron chi connectivity index (χ1n) is 9.08. The van der Waals surface area contributed by atoms with E-state index in [0.29, 0.717) is 22.8 Å². The number of nitrogens with zero attached hydrogens (tertiary/aromatic N) is 3. The Morgan fingerprint density at radius 2 is 1.06 bits per heavy atom. The van der Waals surface area contributed by atoms with Gasteiger partial charge in [0.2, 0.25) is 0 Å². The molecule has 0 bridgehead atoms. The van der Waals surface area contributed by atoms with Crippen molar-refractivity contribution in [2.24, 2.45) is 0 Å². The molecule has 1 aromatic carbocycles. The van der Waals surface area contributed by atoms with Crippen LogP contribution in [0.1, 0.15) is 0 Å². The van der Waals surface area contributed by atoms with Gasteiger partial charge in [0.25, 0.3) is 20.2 Å². The van der Waals surface area contributed by atoms with E-state index in [4.69, 9.17) is 0 Å². The van der Waals surface area contributed by atoms with E-state index in [1.807, 2.05) is 0 Å². The first kappa shape index (κ1) is 21.7. The maximum Gasteiger partial charge on any atom is 0.295 e. The van der Waals surface area contributed by atoms with E-state index in [1.165, 1.54) is 12.1 Å². The summed E-state index contributed by atoms with van der Waals surface area (Å²) < 4.78 is 67.7. The van der Waals surface area contributed by atoms with Crippen LogP contribution >= 0.6 is 0 Å². The lowest BCUT2D eigenvalue weighted by atomic mass is 10.0. The summed E-state index contributed by atoms with van der Waals surface area (Å²) in [5, 5.41) is 0. The molecule has 0 saturated carbocycles. The van der Waals surface area contributed by atoms with E-state index in [-0.39, 0.29) is 5.56 Å². The van der Waals surface area contributed by atoms with Crippen molar-refractivity contribution < 1.29 is 25.9 Å². The highest BCUT2D eigenvalue weighted by molar-refractivity contribution is 7.87. The van der Waals surface area contributed by atoms with Gasteiger partial charge in [0.05, 0.1) is 22.8 Å². The van der Waals surface area contributed by atoms with Gasteiger partial charge < -0.3 is 0 Å². The van der Waals surface area contributed by atoms with Crippen LogP contribution in [-0.4, -0.2) is 40.9 Å². The Balaban J connectivity index is 2.11. The van der Waals surface area contributed by atoms with Crippen molar-refractivity contribution in [2.45, 2.75) is 9.79 Å². The standard InChI is InChI=1S/C21H15N3O6S2/c25-31(26,27)19-8-5-9-20(32(28,29)30)21(19)14-12-17(15-6-1-3-10-22-15)24-18(13-14)16-7-2-4-11-23-16/h1-13H,(H,25,26,27)(H,28,29,30). The van der Waals surface area contributed by atoms with Crippen molar-refractivity contribution in [2.75, 3.05) is 0 Å². The van der Waals surface area contributed by atoms with Crippen LogP contribution in [0.15, 0.2) is 88.9 Å². The normalized spacial score (nSPS) is 11.9. The summed E-state index contributed by atoms with van der Waals surface area (Å²) in [4.78, 5) is 11.7. The first-order chi connectivity index (χ1) is 15.1. The highest BCUT2D eigenvalue weighted by Gasteiger charge is 2.26.